The number of ether oxygens (including phenoxy) is 1. The van der Waals surface area contributed by atoms with Crippen LogP contribution in [0.1, 0.15) is 56.0 Å². The molecule has 2 aromatic rings. The Morgan fingerprint density at radius 2 is 1.85 bits per heavy atom. The SMILES string of the molecule is CC(=O)Nc1nc(CCc2ccc(CC(=O)NC3CCN(C(=O)OC(C)(C)C)CC3)s2)cs1. The van der Waals surface area contributed by atoms with Gasteiger partial charge in [-0.1, -0.05) is 0 Å². The lowest BCUT2D eigenvalue weighted by molar-refractivity contribution is -0.121. The lowest BCUT2D eigenvalue weighted by atomic mass is 10.1. The topological polar surface area (TPSA) is 101 Å². The molecule has 1 aliphatic heterocycles. The van der Waals surface area contributed by atoms with E-state index in [2.05, 4.69) is 21.7 Å². The third kappa shape index (κ3) is 8.43. The van der Waals surface area contributed by atoms with Crippen molar-refractivity contribution in [1.29, 1.82) is 0 Å². The first-order valence-corrected chi connectivity index (χ1v) is 12.8. The minimum absolute atomic E-state index is 0.0126. The second kappa shape index (κ2) is 11.1. The summed E-state index contributed by atoms with van der Waals surface area (Å²) < 4.78 is 5.42. The molecule has 3 heterocycles. The summed E-state index contributed by atoms with van der Waals surface area (Å²) in [4.78, 5) is 44.2. The van der Waals surface area contributed by atoms with Crippen LogP contribution in [-0.4, -0.2) is 52.5 Å². The molecule has 10 heteroatoms. The number of anilines is 1. The second-order valence-corrected chi connectivity index (χ2v) is 11.3. The number of rotatable bonds is 7. The van der Waals surface area contributed by atoms with Gasteiger partial charge in [0.2, 0.25) is 11.8 Å². The summed E-state index contributed by atoms with van der Waals surface area (Å²) in [7, 11) is 0. The number of carbonyl (C=O) groups is 3. The third-order valence-corrected chi connectivity index (χ3v) is 6.98. The molecule has 1 aliphatic rings. The van der Waals surface area contributed by atoms with Crippen LogP contribution in [0.3, 0.4) is 0 Å². The van der Waals surface area contributed by atoms with E-state index in [9.17, 15) is 14.4 Å². The van der Waals surface area contributed by atoms with Crippen LogP contribution in [-0.2, 0) is 33.6 Å². The highest BCUT2D eigenvalue weighted by molar-refractivity contribution is 7.14. The summed E-state index contributed by atoms with van der Waals surface area (Å²) in [5.74, 6) is -0.107. The molecule has 0 saturated carbocycles. The Balaban J connectivity index is 1.39. The maximum Gasteiger partial charge on any atom is 0.410 e. The van der Waals surface area contributed by atoms with Crippen molar-refractivity contribution in [1.82, 2.24) is 15.2 Å². The van der Waals surface area contributed by atoms with Crippen molar-refractivity contribution in [2.24, 2.45) is 0 Å². The molecule has 0 aromatic carbocycles. The van der Waals surface area contributed by atoms with E-state index >= 15 is 0 Å². The van der Waals surface area contributed by atoms with Crippen LogP contribution in [0.25, 0.3) is 0 Å². The Labute approximate surface area is 202 Å². The van der Waals surface area contributed by atoms with E-state index in [1.807, 2.05) is 32.2 Å². The van der Waals surface area contributed by atoms with Crippen LogP contribution in [0.2, 0.25) is 0 Å². The van der Waals surface area contributed by atoms with Gasteiger partial charge >= 0.3 is 6.09 Å². The van der Waals surface area contributed by atoms with Crippen LogP contribution in [0.15, 0.2) is 17.5 Å². The summed E-state index contributed by atoms with van der Waals surface area (Å²) in [5, 5.41) is 8.39. The number of nitrogens with zero attached hydrogens (tertiary/aromatic N) is 2. The van der Waals surface area contributed by atoms with E-state index in [0.717, 1.165) is 36.3 Å². The van der Waals surface area contributed by atoms with Crippen LogP contribution >= 0.6 is 22.7 Å². The predicted molar refractivity (Wildman–Crippen MR) is 131 cm³/mol. The zero-order valence-corrected chi connectivity index (χ0v) is 21.2. The molecule has 2 aromatic heterocycles. The minimum atomic E-state index is -0.502. The molecule has 0 aliphatic carbocycles. The minimum Gasteiger partial charge on any atom is -0.444 e. The number of piperidine rings is 1. The van der Waals surface area contributed by atoms with E-state index in [0.29, 0.717) is 24.6 Å². The monoisotopic (exact) mass is 492 g/mol. The van der Waals surface area contributed by atoms with E-state index in [4.69, 9.17) is 4.74 Å². The molecule has 0 atom stereocenters. The molecule has 1 fully saturated rings. The molecule has 180 valence electrons. The number of carbonyl (C=O) groups excluding carboxylic acids is 3. The smallest absolute Gasteiger partial charge is 0.410 e. The molecule has 33 heavy (non-hydrogen) atoms. The fraction of sp³-hybridized carbons (Fsp3) is 0.565. The number of thiophene rings is 1. The first kappa shape index (κ1) is 25.2. The average Bonchev–Trinajstić information content (AvgIpc) is 3.34. The largest absolute Gasteiger partial charge is 0.444 e. The van der Waals surface area contributed by atoms with E-state index in [-0.39, 0.29) is 23.9 Å². The lowest BCUT2D eigenvalue weighted by Gasteiger charge is -2.33. The zero-order valence-electron chi connectivity index (χ0n) is 19.6. The number of hydrogen-bond acceptors (Lipinski definition) is 7. The van der Waals surface area contributed by atoms with Crippen molar-refractivity contribution in [3.05, 3.63) is 33.0 Å². The Morgan fingerprint density at radius 3 is 2.52 bits per heavy atom. The molecule has 1 saturated heterocycles. The first-order valence-electron chi connectivity index (χ1n) is 11.1. The molecule has 0 unspecified atom stereocenters. The zero-order chi connectivity index (χ0) is 24.0. The Bertz CT molecular complexity index is 971. The van der Waals surface area contributed by atoms with Crippen molar-refractivity contribution in [3.8, 4) is 0 Å². The highest BCUT2D eigenvalue weighted by Crippen LogP contribution is 2.22. The van der Waals surface area contributed by atoms with Gasteiger partial charge in [-0.25, -0.2) is 9.78 Å². The molecule has 0 spiro atoms. The number of aryl methyl sites for hydroxylation is 2. The average molecular weight is 493 g/mol. The van der Waals surface area contributed by atoms with Crippen molar-refractivity contribution in [2.75, 3.05) is 18.4 Å². The Kier molecular flexibility index (Phi) is 8.47. The van der Waals surface area contributed by atoms with Crippen LogP contribution in [0.4, 0.5) is 9.93 Å². The maximum atomic E-state index is 12.5. The van der Waals surface area contributed by atoms with Gasteiger partial charge in [0.15, 0.2) is 5.13 Å². The standard InChI is InChI=1S/C23H32N4O4S2/c1-15(28)24-21-26-17(14-32-21)5-6-18-7-8-19(33-18)13-20(29)25-16-9-11-27(12-10-16)22(30)31-23(2,3)4/h7-8,14,16H,5-6,9-13H2,1-4H3,(H,25,29)(H,24,26,28). The van der Waals surface area contributed by atoms with Crippen LogP contribution in [0, 0.1) is 0 Å². The molecule has 0 bridgehead atoms. The van der Waals surface area contributed by atoms with Gasteiger partial charge in [-0.2, -0.15) is 0 Å². The Morgan fingerprint density at radius 1 is 1.15 bits per heavy atom. The highest BCUT2D eigenvalue weighted by Gasteiger charge is 2.27. The van der Waals surface area contributed by atoms with E-state index in [1.54, 1.807) is 16.2 Å². The van der Waals surface area contributed by atoms with Crippen molar-refractivity contribution >= 4 is 45.7 Å². The van der Waals surface area contributed by atoms with Crippen LogP contribution in [0.5, 0.6) is 0 Å². The Hall–Kier alpha value is -2.46. The van der Waals surface area contributed by atoms with Crippen LogP contribution < -0.4 is 10.6 Å². The first-order chi connectivity index (χ1) is 15.6. The van der Waals surface area contributed by atoms with Gasteiger partial charge in [0, 0.05) is 41.2 Å². The summed E-state index contributed by atoms with van der Waals surface area (Å²) >= 11 is 3.07. The number of amides is 3. The fourth-order valence-electron chi connectivity index (χ4n) is 3.50. The number of thiazole rings is 1. The molecular weight excluding hydrogens is 460 g/mol. The molecule has 8 nitrogen and oxygen atoms in total. The van der Waals surface area contributed by atoms with Gasteiger partial charge in [0.05, 0.1) is 12.1 Å². The fourth-order valence-corrected chi connectivity index (χ4v) is 5.31. The van der Waals surface area contributed by atoms with Crippen molar-refractivity contribution in [3.63, 3.8) is 0 Å². The number of nitrogens with one attached hydrogen (secondary N) is 2. The van der Waals surface area contributed by atoms with Gasteiger partial charge < -0.3 is 20.3 Å². The van der Waals surface area contributed by atoms with Gasteiger partial charge in [-0.05, 0) is 58.6 Å². The van der Waals surface area contributed by atoms with Gasteiger partial charge in [0.25, 0.3) is 0 Å². The molecule has 2 N–H and O–H groups in total. The molecule has 3 amide bonds. The predicted octanol–water partition coefficient (Wildman–Crippen LogP) is 4.01. The van der Waals surface area contributed by atoms with Gasteiger partial charge in [-0.15, -0.1) is 22.7 Å². The number of likely N-dealkylation sites (tertiary alicyclic amines) is 1. The van der Waals surface area contributed by atoms with E-state index < -0.39 is 5.60 Å². The number of aromatic nitrogens is 1. The van der Waals surface area contributed by atoms with Crippen molar-refractivity contribution < 1.29 is 19.1 Å². The second-order valence-electron chi connectivity index (χ2n) is 9.18. The quantitative estimate of drug-likeness (QED) is 0.608. The van der Waals surface area contributed by atoms with Crippen molar-refractivity contribution in [2.45, 2.75) is 71.4 Å². The lowest BCUT2D eigenvalue weighted by Crippen LogP contribution is -2.48. The van der Waals surface area contributed by atoms with E-state index in [1.165, 1.54) is 23.1 Å². The molecular formula is C23H32N4O4S2. The summed E-state index contributed by atoms with van der Waals surface area (Å²) in [6.45, 7) is 8.22. The third-order valence-electron chi connectivity index (χ3n) is 5.03. The summed E-state index contributed by atoms with van der Waals surface area (Å²) in [6.07, 6.45) is 3.17. The maximum absolute atomic E-state index is 12.5. The number of hydrogen-bond donors (Lipinski definition) is 2. The molecule has 0 radical (unpaired) electrons. The summed E-state index contributed by atoms with van der Waals surface area (Å²) in [5.41, 5.74) is 0.451. The summed E-state index contributed by atoms with van der Waals surface area (Å²) in [6, 6.07) is 4.15. The highest BCUT2D eigenvalue weighted by atomic mass is 32.1. The van der Waals surface area contributed by atoms with Gasteiger partial charge in [0.1, 0.15) is 5.60 Å². The molecule has 3 rings (SSSR count). The normalized spacial score (nSPS) is 14.7. The van der Waals surface area contributed by atoms with Gasteiger partial charge in [-0.3, -0.25) is 9.59 Å².